The number of rotatable bonds is 9. The highest BCUT2D eigenvalue weighted by Gasteiger charge is 2.04. The molecule has 1 aromatic carbocycles. The first kappa shape index (κ1) is 16.2. The number of hydrogen-bond donors (Lipinski definition) is 5. The van der Waals surface area contributed by atoms with Crippen LogP contribution in [0.5, 0.6) is 5.75 Å². The van der Waals surface area contributed by atoms with Gasteiger partial charge in [0.2, 0.25) is 0 Å². The number of carbonyl (C=O) groups excluding carboxylic acids is 1. The zero-order valence-electron chi connectivity index (χ0n) is 11.2. The minimum Gasteiger partial charge on any atom is -0.491 e. The fraction of sp³-hybridized carbons (Fsp3) is 0.462. The Bertz CT molecular complexity index is 375. The van der Waals surface area contributed by atoms with Crippen LogP contribution in [0.25, 0.3) is 0 Å². The van der Waals surface area contributed by atoms with Crippen LogP contribution in [0.15, 0.2) is 30.3 Å². The lowest BCUT2D eigenvalue weighted by atomic mass is 10.3. The molecule has 0 radical (unpaired) electrons. The molecule has 7 nitrogen and oxygen atoms in total. The van der Waals surface area contributed by atoms with Crippen LogP contribution in [0.1, 0.15) is 0 Å². The molecule has 1 atom stereocenters. The molecule has 0 aliphatic carbocycles. The fourth-order valence-electron chi connectivity index (χ4n) is 1.44. The van der Waals surface area contributed by atoms with Crippen LogP contribution in [0.4, 0.5) is 4.79 Å². The Morgan fingerprint density at radius 2 is 1.95 bits per heavy atom. The van der Waals surface area contributed by atoms with Gasteiger partial charge in [-0.3, -0.25) is 0 Å². The number of benzene rings is 1. The molecule has 0 saturated carbocycles. The quantitative estimate of drug-likeness (QED) is 0.303. The summed E-state index contributed by atoms with van der Waals surface area (Å²) in [6, 6.07) is 8.84. The van der Waals surface area contributed by atoms with Crippen molar-refractivity contribution in [1.29, 1.82) is 0 Å². The van der Waals surface area contributed by atoms with E-state index in [1.165, 1.54) is 0 Å². The summed E-state index contributed by atoms with van der Waals surface area (Å²) in [5.74, 6) is 0.717. The Hall–Kier alpha value is -1.83. The standard InChI is InChI=1S/C13H21N3O4/c17-10-16-13(19)15-7-6-14-8-11(18)9-20-12-4-2-1-3-5-12/h1-5,11,14,17-18H,6-10H2,(H2,15,16,19). The first-order valence-electron chi connectivity index (χ1n) is 6.41. The van der Waals surface area contributed by atoms with E-state index < -0.39 is 18.9 Å². The lowest BCUT2D eigenvalue weighted by Crippen LogP contribution is -2.41. The van der Waals surface area contributed by atoms with Crippen molar-refractivity contribution in [2.75, 3.05) is 33.0 Å². The molecule has 1 aromatic rings. The number of urea groups is 1. The molecule has 0 fully saturated rings. The first-order chi connectivity index (χ1) is 9.72. The van der Waals surface area contributed by atoms with E-state index in [9.17, 15) is 9.90 Å². The van der Waals surface area contributed by atoms with Crippen molar-refractivity contribution >= 4 is 6.03 Å². The second kappa shape index (κ2) is 10.0. The Morgan fingerprint density at radius 1 is 1.20 bits per heavy atom. The van der Waals surface area contributed by atoms with Gasteiger partial charge in [0.15, 0.2) is 0 Å². The molecule has 0 saturated heterocycles. The van der Waals surface area contributed by atoms with Crippen LogP contribution in [0, 0.1) is 0 Å². The van der Waals surface area contributed by atoms with E-state index >= 15 is 0 Å². The molecule has 0 bridgehead atoms. The normalized spacial score (nSPS) is 11.7. The highest BCUT2D eigenvalue weighted by Crippen LogP contribution is 2.08. The molecule has 0 aromatic heterocycles. The summed E-state index contributed by atoms with van der Waals surface area (Å²) < 4.78 is 5.40. The predicted molar refractivity (Wildman–Crippen MR) is 74.4 cm³/mol. The van der Waals surface area contributed by atoms with Crippen LogP contribution in [0.3, 0.4) is 0 Å². The fourth-order valence-corrected chi connectivity index (χ4v) is 1.44. The van der Waals surface area contributed by atoms with Crippen molar-refractivity contribution in [1.82, 2.24) is 16.0 Å². The van der Waals surface area contributed by atoms with E-state index in [0.717, 1.165) is 0 Å². The van der Waals surface area contributed by atoms with E-state index in [1.54, 1.807) is 0 Å². The van der Waals surface area contributed by atoms with Crippen molar-refractivity contribution in [2.45, 2.75) is 6.10 Å². The zero-order chi connectivity index (χ0) is 14.6. The van der Waals surface area contributed by atoms with Crippen LogP contribution in [0.2, 0.25) is 0 Å². The molecule has 0 heterocycles. The smallest absolute Gasteiger partial charge is 0.316 e. The first-order valence-corrected chi connectivity index (χ1v) is 6.41. The maximum Gasteiger partial charge on any atom is 0.316 e. The molecule has 5 N–H and O–H groups in total. The lowest BCUT2D eigenvalue weighted by Gasteiger charge is -2.13. The van der Waals surface area contributed by atoms with Crippen LogP contribution in [-0.4, -0.2) is 55.3 Å². The van der Waals surface area contributed by atoms with Crippen molar-refractivity contribution in [3.8, 4) is 5.75 Å². The Balaban J connectivity index is 2.00. The lowest BCUT2D eigenvalue weighted by molar-refractivity contribution is 0.106. The van der Waals surface area contributed by atoms with Crippen molar-refractivity contribution < 1.29 is 19.7 Å². The van der Waals surface area contributed by atoms with Crippen molar-refractivity contribution in [2.24, 2.45) is 0 Å². The topological polar surface area (TPSA) is 103 Å². The number of ether oxygens (including phenoxy) is 1. The van der Waals surface area contributed by atoms with Gasteiger partial charge in [-0.15, -0.1) is 0 Å². The summed E-state index contributed by atoms with van der Waals surface area (Å²) in [4.78, 5) is 10.9. The summed E-state index contributed by atoms with van der Waals surface area (Å²) in [7, 11) is 0. The summed E-state index contributed by atoms with van der Waals surface area (Å²) in [6.07, 6.45) is -0.624. The molecule has 112 valence electrons. The Labute approximate surface area is 117 Å². The minimum atomic E-state index is -0.624. The van der Waals surface area contributed by atoms with Gasteiger partial charge in [-0.2, -0.15) is 0 Å². The van der Waals surface area contributed by atoms with E-state index in [1.807, 2.05) is 30.3 Å². The molecule has 2 amide bonds. The maximum atomic E-state index is 10.9. The second-order valence-corrected chi connectivity index (χ2v) is 4.07. The number of hydrogen-bond acceptors (Lipinski definition) is 5. The third-order valence-electron chi connectivity index (χ3n) is 2.39. The van der Waals surface area contributed by atoms with Gasteiger partial charge in [-0.05, 0) is 12.1 Å². The van der Waals surface area contributed by atoms with E-state index in [0.29, 0.717) is 25.4 Å². The van der Waals surface area contributed by atoms with Gasteiger partial charge in [-0.25, -0.2) is 4.79 Å². The second-order valence-electron chi connectivity index (χ2n) is 4.07. The molecule has 0 spiro atoms. The third-order valence-corrected chi connectivity index (χ3v) is 2.39. The van der Waals surface area contributed by atoms with Gasteiger partial charge in [0.25, 0.3) is 0 Å². The molecule has 0 aliphatic rings. The van der Waals surface area contributed by atoms with Crippen LogP contribution in [-0.2, 0) is 0 Å². The SMILES string of the molecule is O=C(NCO)NCCNCC(O)COc1ccccc1. The summed E-state index contributed by atoms with van der Waals surface area (Å²) >= 11 is 0. The van der Waals surface area contributed by atoms with E-state index in [4.69, 9.17) is 9.84 Å². The minimum absolute atomic E-state index is 0.204. The number of para-hydroxylation sites is 1. The number of aliphatic hydroxyl groups excluding tert-OH is 2. The number of carbonyl (C=O) groups is 1. The number of aliphatic hydroxyl groups is 2. The van der Waals surface area contributed by atoms with Gasteiger partial charge < -0.3 is 30.9 Å². The molecular formula is C13H21N3O4. The highest BCUT2D eigenvalue weighted by molar-refractivity contribution is 5.73. The maximum absolute atomic E-state index is 10.9. The summed E-state index contributed by atoms with van der Waals surface area (Å²) in [5, 5.41) is 25.8. The Morgan fingerprint density at radius 3 is 2.65 bits per heavy atom. The van der Waals surface area contributed by atoms with E-state index in [-0.39, 0.29) is 6.61 Å². The zero-order valence-corrected chi connectivity index (χ0v) is 11.2. The average Bonchev–Trinajstić information content (AvgIpc) is 2.46. The van der Waals surface area contributed by atoms with Crippen LogP contribution >= 0.6 is 0 Å². The summed E-state index contributed by atoms with van der Waals surface area (Å²) in [6.45, 7) is 1.10. The van der Waals surface area contributed by atoms with E-state index in [2.05, 4.69) is 16.0 Å². The number of amides is 2. The van der Waals surface area contributed by atoms with Crippen LogP contribution < -0.4 is 20.7 Å². The van der Waals surface area contributed by atoms with Gasteiger partial charge in [0.05, 0.1) is 0 Å². The van der Waals surface area contributed by atoms with Crippen molar-refractivity contribution in [3.63, 3.8) is 0 Å². The molecule has 1 rings (SSSR count). The molecule has 1 unspecified atom stereocenters. The van der Waals surface area contributed by atoms with Crippen molar-refractivity contribution in [3.05, 3.63) is 30.3 Å². The largest absolute Gasteiger partial charge is 0.491 e. The molecule has 0 aliphatic heterocycles. The monoisotopic (exact) mass is 283 g/mol. The van der Waals surface area contributed by atoms with Gasteiger partial charge in [-0.1, -0.05) is 18.2 Å². The van der Waals surface area contributed by atoms with Gasteiger partial charge in [0.1, 0.15) is 25.2 Å². The molecular weight excluding hydrogens is 262 g/mol. The predicted octanol–water partition coefficient (Wildman–Crippen LogP) is -0.735. The van der Waals surface area contributed by atoms with Gasteiger partial charge >= 0.3 is 6.03 Å². The Kier molecular flexibility index (Phi) is 8.13. The molecule has 7 heteroatoms. The van der Waals surface area contributed by atoms with Gasteiger partial charge in [0, 0.05) is 19.6 Å². The highest BCUT2D eigenvalue weighted by atomic mass is 16.5. The summed E-state index contributed by atoms with van der Waals surface area (Å²) in [5.41, 5.74) is 0. The third kappa shape index (κ3) is 7.57. The number of nitrogens with one attached hydrogen (secondary N) is 3. The molecule has 20 heavy (non-hydrogen) atoms. The average molecular weight is 283 g/mol.